The smallest absolute Gasteiger partial charge is 0.122 e. The Balaban J connectivity index is 2.19. The standard InChI is InChI=1S/C14H21NO3/c1-16-12-7-11(8-13(9-12)17-2)14(15)10-3-5-18-6-4-10/h7-10,14H,3-6,15H2,1-2H3/t14-/m1/s1. The molecule has 1 aromatic rings. The minimum absolute atomic E-state index is 0.0119. The van der Waals surface area contributed by atoms with Gasteiger partial charge in [0.05, 0.1) is 14.2 Å². The second kappa shape index (κ2) is 6.07. The highest BCUT2D eigenvalue weighted by Gasteiger charge is 2.23. The number of hydrogen-bond donors (Lipinski definition) is 1. The lowest BCUT2D eigenvalue weighted by atomic mass is 9.87. The molecule has 2 rings (SSSR count). The first kappa shape index (κ1) is 13.2. The lowest BCUT2D eigenvalue weighted by molar-refractivity contribution is 0.0583. The zero-order valence-electron chi connectivity index (χ0n) is 11.0. The molecule has 100 valence electrons. The molecular weight excluding hydrogens is 230 g/mol. The van der Waals surface area contributed by atoms with Crippen molar-refractivity contribution in [3.05, 3.63) is 23.8 Å². The molecule has 0 aromatic heterocycles. The third-order valence-corrected chi connectivity index (χ3v) is 3.53. The molecule has 1 fully saturated rings. The van der Waals surface area contributed by atoms with Gasteiger partial charge in [0.2, 0.25) is 0 Å². The van der Waals surface area contributed by atoms with Crippen LogP contribution in [0.15, 0.2) is 18.2 Å². The monoisotopic (exact) mass is 251 g/mol. The third kappa shape index (κ3) is 2.94. The Morgan fingerprint density at radius 2 is 1.67 bits per heavy atom. The first-order valence-corrected chi connectivity index (χ1v) is 6.31. The molecule has 0 aliphatic carbocycles. The van der Waals surface area contributed by atoms with E-state index in [-0.39, 0.29) is 6.04 Å². The summed E-state index contributed by atoms with van der Waals surface area (Å²) in [4.78, 5) is 0. The van der Waals surface area contributed by atoms with Crippen LogP contribution in [-0.2, 0) is 4.74 Å². The Morgan fingerprint density at radius 3 is 2.17 bits per heavy atom. The van der Waals surface area contributed by atoms with E-state index in [9.17, 15) is 0 Å². The number of nitrogens with two attached hydrogens (primary N) is 1. The average molecular weight is 251 g/mol. The molecule has 0 unspecified atom stereocenters. The van der Waals surface area contributed by atoms with Crippen molar-refractivity contribution in [1.29, 1.82) is 0 Å². The van der Waals surface area contributed by atoms with Crippen molar-refractivity contribution >= 4 is 0 Å². The highest BCUT2D eigenvalue weighted by atomic mass is 16.5. The first-order valence-electron chi connectivity index (χ1n) is 6.31. The molecular formula is C14H21NO3. The molecule has 2 N–H and O–H groups in total. The molecule has 1 atom stereocenters. The van der Waals surface area contributed by atoms with E-state index in [4.69, 9.17) is 19.9 Å². The minimum atomic E-state index is 0.0119. The largest absolute Gasteiger partial charge is 0.497 e. The van der Waals surface area contributed by atoms with Gasteiger partial charge in [-0.05, 0) is 36.5 Å². The number of ether oxygens (including phenoxy) is 3. The van der Waals surface area contributed by atoms with Gasteiger partial charge in [0.15, 0.2) is 0 Å². The van der Waals surface area contributed by atoms with Crippen LogP contribution in [-0.4, -0.2) is 27.4 Å². The molecule has 0 amide bonds. The summed E-state index contributed by atoms with van der Waals surface area (Å²) >= 11 is 0. The molecule has 0 spiro atoms. The van der Waals surface area contributed by atoms with Crippen LogP contribution in [0.5, 0.6) is 11.5 Å². The molecule has 1 aromatic carbocycles. The quantitative estimate of drug-likeness (QED) is 0.890. The van der Waals surface area contributed by atoms with Crippen LogP contribution in [0.4, 0.5) is 0 Å². The van der Waals surface area contributed by atoms with Gasteiger partial charge in [-0.1, -0.05) is 0 Å². The van der Waals surface area contributed by atoms with Gasteiger partial charge in [0.1, 0.15) is 11.5 Å². The highest BCUT2D eigenvalue weighted by molar-refractivity contribution is 5.40. The highest BCUT2D eigenvalue weighted by Crippen LogP contribution is 2.32. The zero-order valence-corrected chi connectivity index (χ0v) is 11.0. The van der Waals surface area contributed by atoms with Crippen molar-refractivity contribution in [3.8, 4) is 11.5 Å². The Bertz CT molecular complexity index is 366. The van der Waals surface area contributed by atoms with Gasteiger partial charge in [-0.2, -0.15) is 0 Å². The second-order valence-electron chi connectivity index (χ2n) is 4.62. The fourth-order valence-electron chi connectivity index (χ4n) is 2.37. The van der Waals surface area contributed by atoms with Crippen LogP contribution in [0.3, 0.4) is 0 Å². The van der Waals surface area contributed by atoms with Gasteiger partial charge in [0.25, 0.3) is 0 Å². The molecule has 4 heteroatoms. The zero-order chi connectivity index (χ0) is 13.0. The molecule has 0 saturated carbocycles. The van der Waals surface area contributed by atoms with E-state index in [0.717, 1.165) is 43.1 Å². The lowest BCUT2D eigenvalue weighted by Crippen LogP contribution is -2.27. The fourth-order valence-corrected chi connectivity index (χ4v) is 2.37. The number of rotatable bonds is 4. The summed E-state index contributed by atoms with van der Waals surface area (Å²) in [6.45, 7) is 1.61. The number of hydrogen-bond acceptors (Lipinski definition) is 4. The van der Waals surface area contributed by atoms with Crippen LogP contribution >= 0.6 is 0 Å². The Kier molecular flexibility index (Phi) is 4.44. The minimum Gasteiger partial charge on any atom is -0.497 e. The van der Waals surface area contributed by atoms with E-state index in [1.807, 2.05) is 18.2 Å². The molecule has 0 radical (unpaired) electrons. The summed E-state index contributed by atoms with van der Waals surface area (Å²) in [6, 6.07) is 5.85. The van der Waals surface area contributed by atoms with Gasteiger partial charge in [0, 0.05) is 25.3 Å². The summed E-state index contributed by atoms with van der Waals surface area (Å²) in [5.74, 6) is 2.04. The summed E-state index contributed by atoms with van der Waals surface area (Å²) in [5.41, 5.74) is 7.42. The average Bonchev–Trinajstić information content (AvgIpc) is 2.46. The molecule has 1 saturated heterocycles. The van der Waals surface area contributed by atoms with Crippen LogP contribution < -0.4 is 15.2 Å². The number of methoxy groups -OCH3 is 2. The summed E-state index contributed by atoms with van der Waals surface area (Å²) in [7, 11) is 3.30. The van der Waals surface area contributed by atoms with Crippen LogP contribution in [0, 0.1) is 5.92 Å². The van der Waals surface area contributed by atoms with Crippen molar-refractivity contribution in [2.24, 2.45) is 11.7 Å². The summed E-state index contributed by atoms with van der Waals surface area (Å²) in [6.07, 6.45) is 2.03. The van der Waals surface area contributed by atoms with E-state index in [1.165, 1.54) is 0 Å². The van der Waals surface area contributed by atoms with Crippen LogP contribution in [0.1, 0.15) is 24.4 Å². The van der Waals surface area contributed by atoms with Gasteiger partial charge in [-0.3, -0.25) is 0 Å². The fraction of sp³-hybridized carbons (Fsp3) is 0.571. The van der Waals surface area contributed by atoms with Crippen molar-refractivity contribution in [3.63, 3.8) is 0 Å². The molecule has 0 bridgehead atoms. The number of benzene rings is 1. The maximum atomic E-state index is 6.35. The molecule has 18 heavy (non-hydrogen) atoms. The SMILES string of the molecule is COc1cc(OC)cc([C@H](N)C2CCOCC2)c1. The predicted molar refractivity (Wildman–Crippen MR) is 70.0 cm³/mol. The van der Waals surface area contributed by atoms with Gasteiger partial charge in [-0.15, -0.1) is 0 Å². The second-order valence-corrected chi connectivity index (χ2v) is 4.62. The molecule has 1 aliphatic rings. The van der Waals surface area contributed by atoms with Crippen LogP contribution in [0.25, 0.3) is 0 Å². The van der Waals surface area contributed by atoms with E-state index < -0.39 is 0 Å². The van der Waals surface area contributed by atoms with E-state index in [2.05, 4.69) is 0 Å². The molecule has 1 heterocycles. The Labute approximate surface area is 108 Å². The summed E-state index contributed by atoms with van der Waals surface area (Å²) in [5, 5.41) is 0. The van der Waals surface area contributed by atoms with E-state index in [0.29, 0.717) is 5.92 Å². The molecule has 4 nitrogen and oxygen atoms in total. The molecule has 1 aliphatic heterocycles. The van der Waals surface area contributed by atoms with Crippen molar-refractivity contribution in [1.82, 2.24) is 0 Å². The first-order chi connectivity index (χ1) is 8.74. The third-order valence-electron chi connectivity index (χ3n) is 3.53. The Hall–Kier alpha value is -1.26. The van der Waals surface area contributed by atoms with Crippen molar-refractivity contribution in [2.45, 2.75) is 18.9 Å². The lowest BCUT2D eigenvalue weighted by Gasteiger charge is -2.28. The summed E-state index contributed by atoms with van der Waals surface area (Å²) < 4.78 is 15.9. The van der Waals surface area contributed by atoms with E-state index >= 15 is 0 Å². The normalized spacial score (nSPS) is 18.4. The van der Waals surface area contributed by atoms with Crippen LogP contribution in [0.2, 0.25) is 0 Å². The van der Waals surface area contributed by atoms with Gasteiger partial charge >= 0.3 is 0 Å². The van der Waals surface area contributed by atoms with Crippen molar-refractivity contribution < 1.29 is 14.2 Å². The topological polar surface area (TPSA) is 53.7 Å². The van der Waals surface area contributed by atoms with Gasteiger partial charge in [-0.25, -0.2) is 0 Å². The maximum absolute atomic E-state index is 6.35. The van der Waals surface area contributed by atoms with E-state index in [1.54, 1.807) is 14.2 Å². The van der Waals surface area contributed by atoms with Crippen molar-refractivity contribution in [2.75, 3.05) is 27.4 Å². The Morgan fingerprint density at radius 1 is 1.11 bits per heavy atom. The van der Waals surface area contributed by atoms with Gasteiger partial charge < -0.3 is 19.9 Å². The predicted octanol–water partition coefficient (Wildman–Crippen LogP) is 2.13. The maximum Gasteiger partial charge on any atom is 0.122 e.